The van der Waals surface area contributed by atoms with Crippen molar-refractivity contribution in [1.82, 2.24) is 9.71 Å². The van der Waals surface area contributed by atoms with Gasteiger partial charge in [0.1, 0.15) is 0 Å². The first-order valence-electron chi connectivity index (χ1n) is 6.51. The molecule has 0 aliphatic rings. The number of rotatable bonds is 2. The highest BCUT2D eigenvalue weighted by atomic mass is 35.5. The Morgan fingerprint density at radius 1 is 0.960 bits per heavy atom. The van der Waals surface area contributed by atoms with Crippen LogP contribution in [-0.2, 0) is 9.84 Å². The SMILES string of the molecule is O=c1[nH]c2c(S(=O)(=O)c3ccc(Cl)c(Cl)c3)ccc(Cl)c2c(=O)n1O. The number of aromatic amines is 1. The second-order valence-corrected chi connectivity index (χ2v) is 8.06. The van der Waals surface area contributed by atoms with E-state index in [2.05, 4.69) is 4.98 Å². The molecule has 7 nitrogen and oxygen atoms in total. The van der Waals surface area contributed by atoms with Crippen LogP contribution in [0.5, 0.6) is 0 Å². The van der Waals surface area contributed by atoms with Gasteiger partial charge in [0, 0.05) is 0 Å². The molecular weight excluding hydrogens is 415 g/mol. The van der Waals surface area contributed by atoms with Crippen molar-refractivity contribution < 1.29 is 13.6 Å². The Morgan fingerprint density at radius 2 is 1.60 bits per heavy atom. The molecule has 0 radical (unpaired) electrons. The van der Waals surface area contributed by atoms with Gasteiger partial charge in [-0.1, -0.05) is 39.5 Å². The summed E-state index contributed by atoms with van der Waals surface area (Å²) in [6.07, 6.45) is 0. The Bertz CT molecular complexity index is 1250. The maximum absolute atomic E-state index is 12.9. The number of nitrogens with one attached hydrogen (secondary N) is 1. The molecule has 1 aromatic heterocycles. The summed E-state index contributed by atoms with van der Waals surface area (Å²) in [6, 6.07) is 5.99. The van der Waals surface area contributed by atoms with Gasteiger partial charge in [-0.3, -0.25) is 4.79 Å². The van der Waals surface area contributed by atoms with E-state index in [1.54, 1.807) is 0 Å². The summed E-state index contributed by atoms with van der Waals surface area (Å²) in [5, 5.41) is 9.14. The fourth-order valence-electron chi connectivity index (χ4n) is 2.24. The first-order chi connectivity index (χ1) is 11.6. The number of hydrogen-bond acceptors (Lipinski definition) is 5. The van der Waals surface area contributed by atoms with Crippen molar-refractivity contribution in [2.45, 2.75) is 9.79 Å². The number of nitrogens with zero attached hydrogens (tertiary/aromatic N) is 1. The van der Waals surface area contributed by atoms with Gasteiger partial charge in [0.05, 0.1) is 35.8 Å². The van der Waals surface area contributed by atoms with Gasteiger partial charge in [-0.2, -0.15) is 0 Å². The van der Waals surface area contributed by atoms with Crippen LogP contribution in [-0.4, -0.2) is 23.3 Å². The highest BCUT2D eigenvalue weighted by Crippen LogP contribution is 2.32. The van der Waals surface area contributed by atoms with Crippen molar-refractivity contribution in [3.63, 3.8) is 0 Å². The van der Waals surface area contributed by atoms with Crippen LogP contribution in [0.1, 0.15) is 0 Å². The quantitative estimate of drug-likeness (QED) is 0.618. The number of hydrogen-bond donors (Lipinski definition) is 2. The van der Waals surface area contributed by atoms with E-state index >= 15 is 0 Å². The van der Waals surface area contributed by atoms with Gasteiger partial charge in [0.2, 0.25) is 9.84 Å². The van der Waals surface area contributed by atoms with Crippen molar-refractivity contribution in [3.05, 3.63) is 66.2 Å². The predicted molar refractivity (Wildman–Crippen MR) is 92.9 cm³/mol. The van der Waals surface area contributed by atoms with Crippen LogP contribution < -0.4 is 11.2 Å². The molecule has 1 heterocycles. The largest absolute Gasteiger partial charge is 0.421 e. The smallest absolute Gasteiger partial charge is 0.362 e. The molecule has 0 saturated heterocycles. The number of benzene rings is 2. The Morgan fingerprint density at radius 3 is 2.24 bits per heavy atom. The molecule has 0 aliphatic carbocycles. The molecule has 2 aromatic carbocycles. The fraction of sp³-hybridized carbons (Fsp3) is 0. The zero-order chi connectivity index (χ0) is 18.5. The highest BCUT2D eigenvalue weighted by molar-refractivity contribution is 7.91. The monoisotopic (exact) mass is 420 g/mol. The third-order valence-corrected chi connectivity index (χ3v) is 6.29. The van der Waals surface area contributed by atoms with E-state index in [4.69, 9.17) is 34.8 Å². The van der Waals surface area contributed by atoms with Gasteiger partial charge in [0.15, 0.2) is 0 Å². The summed E-state index contributed by atoms with van der Waals surface area (Å²) in [6.45, 7) is 0. The lowest BCUT2D eigenvalue weighted by Gasteiger charge is -2.10. The lowest BCUT2D eigenvalue weighted by molar-refractivity contribution is 0.162. The molecule has 0 spiro atoms. The molecule has 130 valence electrons. The highest BCUT2D eigenvalue weighted by Gasteiger charge is 2.24. The van der Waals surface area contributed by atoms with E-state index in [0.717, 1.165) is 12.1 Å². The first-order valence-corrected chi connectivity index (χ1v) is 9.13. The van der Waals surface area contributed by atoms with E-state index < -0.39 is 21.1 Å². The van der Waals surface area contributed by atoms with Crippen LogP contribution in [0.25, 0.3) is 10.9 Å². The zero-order valence-electron chi connectivity index (χ0n) is 12.0. The normalized spacial score (nSPS) is 11.8. The predicted octanol–water partition coefficient (Wildman–Crippen LogP) is 2.72. The molecule has 2 N–H and O–H groups in total. The molecule has 0 atom stereocenters. The van der Waals surface area contributed by atoms with Gasteiger partial charge in [-0.15, -0.1) is 0 Å². The summed E-state index contributed by atoms with van der Waals surface area (Å²) < 4.78 is 25.6. The third kappa shape index (κ3) is 2.81. The van der Waals surface area contributed by atoms with E-state index in [1.807, 2.05) is 0 Å². The van der Waals surface area contributed by atoms with Crippen molar-refractivity contribution in [2.24, 2.45) is 0 Å². The van der Waals surface area contributed by atoms with Crippen molar-refractivity contribution in [1.29, 1.82) is 0 Å². The van der Waals surface area contributed by atoms with Crippen LogP contribution in [0.4, 0.5) is 0 Å². The fourth-order valence-corrected chi connectivity index (χ4v) is 4.29. The molecule has 0 bridgehead atoms. The minimum atomic E-state index is -4.17. The molecule has 0 aliphatic heterocycles. The number of H-pyrrole nitrogens is 1. The Balaban J connectivity index is 2.43. The molecule has 25 heavy (non-hydrogen) atoms. The van der Waals surface area contributed by atoms with Crippen molar-refractivity contribution in [2.75, 3.05) is 0 Å². The lowest BCUT2D eigenvalue weighted by Crippen LogP contribution is -2.33. The summed E-state index contributed by atoms with van der Waals surface area (Å²) in [5.74, 6) is 0. The number of sulfone groups is 1. The number of halogens is 3. The molecule has 11 heteroatoms. The van der Waals surface area contributed by atoms with Crippen LogP contribution in [0.2, 0.25) is 15.1 Å². The molecular formula is C14H7Cl3N2O5S. The van der Waals surface area contributed by atoms with E-state index in [-0.39, 0.29) is 40.5 Å². The van der Waals surface area contributed by atoms with Gasteiger partial charge >= 0.3 is 5.69 Å². The molecule has 0 amide bonds. The van der Waals surface area contributed by atoms with Gasteiger partial charge in [0.25, 0.3) is 5.56 Å². The molecule has 0 fully saturated rings. The zero-order valence-corrected chi connectivity index (χ0v) is 15.0. The summed E-state index contributed by atoms with van der Waals surface area (Å²) in [4.78, 5) is 25.3. The average molecular weight is 422 g/mol. The maximum atomic E-state index is 12.9. The lowest BCUT2D eigenvalue weighted by atomic mass is 10.2. The van der Waals surface area contributed by atoms with Gasteiger partial charge in [-0.05, 0) is 30.3 Å². The third-order valence-electron chi connectivity index (χ3n) is 3.44. The van der Waals surface area contributed by atoms with Crippen LogP contribution in [0.15, 0.2) is 49.7 Å². The summed E-state index contributed by atoms with van der Waals surface area (Å²) >= 11 is 17.6. The summed E-state index contributed by atoms with van der Waals surface area (Å²) in [5.41, 5.74) is -2.67. The van der Waals surface area contributed by atoms with E-state index in [0.29, 0.717) is 0 Å². The Kier molecular flexibility index (Phi) is 4.32. The van der Waals surface area contributed by atoms with Crippen molar-refractivity contribution in [3.8, 4) is 0 Å². The van der Waals surface area contributed by atoms with E-state index in [9.17, 15) is 23.2 Å². The standard InChI is InChI=1S/C14H7Cl3N2O5S/c15-7-2-1-6(5-9(7)17)25(23,24)10-4-3-8(16)11-12(10)18-14(21)19(22)13(11)20/h1-5,22H,(H,18,21). The topological polar surface area (TPSA) is 109 Å². The molecule has 0 saturated carbocycles. The molecule has 3 aromatic rings. The molecule has 0 unspecified atom stereocenters. The second kappa shape index (κ2) is 6.06. The minimum Gasteiger partial charge on any atom is -0.421 e. The van der Waals surface area contributed by atoms with Gasteiger partial charge < -0.3 is 10.2 Å². The second-order valence-electron chi connectivity index (χ2n) is 4.92. The van der Waals surface area contributed by atoms with Crippen molar-refractivity contribution >= 4 is 55.5 Å². The van der Waals surface area contributed by atoms with Gasteiger partial charge in [-0.25, -0.2) is 13.2 Å². The summed E-state index contributed by atoms with van der Waals surface area (Å²) in [7, 11) is -4.17. The Labute approximate surface area is 154 Å². The first kappa shape index (κ1) is 17.8. The molecule has 3 rings (SSSR count). The average Bonchev–Trinajstić information content (AvgIpc) is 2.54. The van der Waals surface area contributed by atoms with E-state index in [1.165, 1.54) is 18.2 Å². The van der Waals surface area contributed by atoms with Crippen LogP contribution in [0.3, 0.4) is 0 Å². The maximum Gasteiger partial charge on any atom is 0.362 e. The Hall–Kier alpha value is -2.00. The minimum absolute atomic E-state index is 0.0206. The number of aromatic nitrogens is 2. The van der Waals surface area contributed by atoms with Crippen LogP contribution >= 0.6 is 34.8 Å². The number of fused-ring (bicyclic) bond motifs is 1. The van der Waals surface area contributed by atoms with Crippen LogP contribution in [0, 0.1) is 0 Å².